The van der Waals surface area contributed by atoms with Crippen molar-refractivity contribution in [3.8, 4) is 6.07 Å². The lowest BCUT2D eigenvalue weighted by molar-refractivity contribution is -0.152. The van der Waals surface area contributed by atoms with E-state index in [2.05, 4.69) is 0 Å². The third-order valence-corrected chi connectivity index (χ3v) is 2.92. The van der Waals surface area contributed by atoms with Crippen LogP contribution in [0.3, 0.4) is 0 Å². The number of halogens is 3. The van der Waals surface area contributed by atoms with Crippen LogP contribution in [0.2, 0.25) is 0 Å². The van der Waals surface area contributed by atoms with E-state index in [1.807, 2.05) is 0 Å². The van der Waals surface area contributed by atoms with Crippen LogP contribution >= 0.6 is 11.8 Å². The molecule has 0 rings (SSSR count). The van der Waals surface area contributed by atoms with Crippen molar-refractivity contribution in [1.29, 1.82) is 5.26 Å². The second kappa shape index (κ2) is 6.14. The fourth-order valence-electron chi connectivity index (χ4n) is 0.645. The van der Waals surface area contributed by atoms with E-state index in [9.17, 15) is 13.2 Å². The van der Waals surface area contributed by atoms with E-state index in [0.717, 1.165) is 11.8 Å². The normalized spacial score (nSPS) is 16.0. The molecule has 2 atom stereocenters. The van der Waals surface area contributed by atoms with Crippen LogP contribution in [-0.4, -0.2) is 29.4 Å². The van der Waals surface area contributed by atoms with Gasteiger partial charge in [0.05, 0.1) is 6.07 Å². The fraction of sp³-hybridized carbons (Fsp3) is 0.875. The van der Waals surface area contributed by atoms with Crippen LogP contribution in [-0.2, 0) is 0 Å². The van der Waals surface area contributed by atoms with Crippen LogP contribution < -0.4 is 0 Å². The maximum absolute atomic E-state index is 12.0. The van der Waals surface area contributed by atoms with Gasteiger partial charge in [-0.05, 0) is 11.7 Å². The minimum absolute atomic E-state index is 0.0347. The number of hydrogen-bond acceptors (Lipinski definition) is 3. The van der Waals surface area contributed by atoms with Crippen molar-refractivity contribution in [2.75, 3.05) is 18.1 Å². The molecule has 0 radical (unpaired) electrons. The molecule has 0 amide bonds. The van der Waals surface area contributed by atoms with Crippen molar-refractivity contribution in [2.24, 2.45) is 11.8 Å². The van der Waals surface area contributed by atoms with E-state index in [-0.39, 0.29) is 18.3 Å². The summed E-state index contributed by atoms with van der Waals surface area (Å²) in [6.45, 7) is 1.69. The van der Waals surface area contributed by atoms with E-state index >= 15 is 0 Å². The standard InChI is InChI=1S/C8H12F3NOS/c1-6(3-13)4-14-5-7(2-12)8(9,10)11/h6-7,13H,3-5H2,1H3. The monoisotopic (exact) mass is 227 g/mol. The van der Waals surface area contributed by atoms with Gasteiger partial charge in [-0.1, -0.05) is 6.92 Å². The Morgan fingerprint density at radius 1 is 1.43 bits per heavy atom. The summed E-state index contributed by atoms with van der Waals surface area (Å²) in [6.07, 6.45) is -4.44. The van der Waals surface area contributed by atoms with Crippen molar-refractivity contribution < 1.29 is 18.3 Å². The van der Waals surface area contributed by atoms with Crippen LogP contribution in [0.5, 0.6) is 0 Å². The highest BCUT2D eigenvalue weighted by molar-refractivity contribution is 7.99. The van der Waals surface area contributed by atoms with Crippen molar-refractivity contribution >= 4 is 11.8 Å². The van der Waals surface area contributed by atoms with E-state index in [4.69, 9.17) is 10.4 Å². The van der Waals surface area contributed by atoms with Crippen LogP contribution in [0.25, 0.3) is 0 Å². The molecule has 0 aromatic heterocycles. The molecule has 1 N–H and O–H groups in total. The molecular weight excluding hydrogens is 215 g/mol. The molecule has 82 valence electrons. The Hall–Kier alpha value is -0.410. The van der Waals surface area contributed by atoms with Gasteiger partial charge < -0.3 is 5.11 Å². The van der Waals surface area contributed by atoms with Gasteiger partial charge in [0.15, 0.2) is 5.92 Å². The number of rotatable bonds is 5. The van der Waals surface area contributed by atoms with Crippen molar-refractivity contribution in [3.63, 3.8) is 0 Å². The summed E-state index contributed by atoms with van der Waals surface area (Å²) in [7, 11) is 0. The van der Waals surface area contributed by atoms with Gasteiger partial charge in [-0.2, -0.15) is 30.2 Å². The molecule has 0 heterocycles. The largest absolute Gasteiger partial charge is 0.405 e. The highest BCUT2D eigenvalue weighted by Crippen LogP contribution is 2.28. The second-order valence-corrected chi connectivity index (χ2v) is 4.12. The first-order chi connectivity index (χ1) is 6.41. The number of aliphatic hydroxyl groups is 1. The second-order valence-electron chi connectivity index (χ2n) is 3.05. The van der Waals surface area contributed by atoms with Crippen molar-refractivity contribution in [2.45, 2.75) is 13.1 Å². The third-order valence-electron chi connectivity index (χ3n) is 1.55. The molecule has 0 fully saturated rings. The van der Waals surface area contributed by atoms with Gasteiger partial charge in [0.25, 0.3) is 0 Å². The molecule has 2 nitrogen and oxygen atoms in total. The smallest absolute Gasteiger partial charge is 0.396 e. The molecule has 0 aliphatic heterocycles. The lowest BCUT2D eigenvalue weighted by Crippen LogP contribution is -2.24. The topological polar surface area (TPSA) is 44.0 Å². The van der Waals surface area contributed by atoms with E-state index in [1.54, 1.807) is 6.92 Å². The molecule has 0 saturated carbocycles. The number of thioether (sulfide) groups is 1. The molecule has 0 aromatic carbocycles. The number of hydrogen-bond donors (Lipinski definition) is 1. The quantitative estimate of drug-likeness (QED) is 0.781. The van der Waals surface area contributed by atoms with Crippen LogP contribution in [0, 0.1) is 23.2 Å². The average Bonchev–Trinajstić information content (AvgIpc) is 2.09. The number of aliphatic hydroxyl groups excluding tert-OH is 1. The SMILES string of the molecule is CC(CO)CSCC(C#N)C(F)(F)F. The molecule has 0 aromatic rings. The van der Waals surface area contributed by atoms with Gasteiger partial charge in [-0.25, -0.2) is 0 Å². The predicted molar refractivity (Wildman–Crippen MR) is 48.7 cm³/mol. The summed E-state index contributed by atoms with van der Waals surface area (Å²) in [6, 6.07) is 1.23. The molecule has 0 spiro atoms. The summed E-state index contributed by atoms with van der Waals surface area (Å²) >= 11 is 1.04. The Balaban J connectivity index is 3.82. The van der Waals surface area contributed by atoms with Gasteiger partial charge in [0.2, 0.25) is 0 Å². The van der Waals surface area contributed by atoms with E-state index in [1.165, 1.54) is 6.07 Å². The maximum atomic E-state index is 12.0. The lowest BCUT2D eigenvalue weighted by Gasteiger charge is -2.13. The maximum Gasteiger partial charge on any atom is 0.405 e. The summed E-state index contributed by atoms with van der Waals surface area (Å²) in [5.74, 6) is -1.76. The van der Waals surface area contributed by atoms with Gasteiger partial charge in [0.1, 0.15) is 0 Å². The van der Waals surface area contributed by atoms with Crippen LogP contribution in [0.1, 0.15) is 6.92 Å². The van der Waals surface area contributed by atoms with Gasteiger partial charge >= 0.3 is 6.18 Å². The Kier molecular flexibility index (Phi) is 5.96. The average molecular weight is 227 g/mol. The van der Waals surface area contributed by atoms with E-state index in [0.29, 0.717) is 5.75 Å². The number of nitriles is 1. The van der Waals surface area contributed by atoms with Gasteiger partial charge in [0, 0.05) is 12.4 Å². The molecule has 0 aliphatic carbocycles. The minimum Gasteiger partial charge on any atom is -0.396 e. The molecule has 0 saturated heterocycles. The summed E-state index contributed by atoms with van der Waals surface area (Å²) in [5.41, 5.74) is 0. The zero-order valence-corrected chi connectivity index (χ0v) is 8.53. The third kappa shape index (κ3) is 5.35. The number of alkyl halides is 3. The molecule has 0 bridgehead atoms. The molecular formula is C8H12F3NOS. The first-order valence-electron chi connectivity index (χ1n) is 4.06. The zero-order chi connectivity index (χ0) is 11.2. The highest BCUT2D eigenvalue weighted by atomic mass is 32.2. The molecule has 0 aliphatic rings. The lowest BCUT2D eigenvalue weighted by atomic mass is 10.2. The Bertz CT molecular complexity index is 202. The Morgan fingerprint density at radius 3 is 2.36 bits per heavy atom. The van der Waals surface area contributed by atoms with Crippen LogP contribution in [0.4, 0.5) is 13.2 Å². The summed E-state index contributed by atoms with van der Waals surface area (Å²) in [4.78, 5) is 0. The predicted octanol–water partition coefficient (Wildman–Crippen LogP) is 2.05. The number of nitrogens with zero attached hydrogens (tertiary/aromatic N) is 1. The van der Waals surface area contributed by atoms with Crippen molar-refractivity contribution in [1.82, 2.24) is 0 Å². The Morgan fingerprint density at radius 2 is 2.00 bits per heavy atom. The van der Waals surface area contributed by atoms with Crippen LogP contribution in [0.15, 0.2) is 0 Å². The molecule has 2 unspecified atom stereocenters. The van der Waals surface area contributed by atoms with Gasteiger partial charge in [-0.3, -0.25) is 0 Å². The molecule has 14 heavy (non-hydrogen) atoms. The van der Waals surface area contributed by atoms with Gasteiger partial charge in [-0.15, -0.1) is 0 Å². The first-order valence-corrected chi connectivity index (χ1v) is 5.22. The minimum atomic E-state index is -4.44. The Labute approximate surface area is 85.1 Å². The fourth-order valence-corrected chi connectivity index (χ4v) is 1.79. The first kappa shape index (κ1) is 13.6. The molecule has 6 heteroatoms. The van der Waals surface area contributed by atoms with E-state index < -0.39 is 12.1 Å². The highest BCUT2D eigenvalue weighted by Gasteiger charge is 2.39. The summed E-state index contributed by atoms with van der Waals surface area (Å²) < 4.78 is 36.1. The van der Waals surface area contributed by atoms with Crippen molar-refractivity contribution in [3.05, 3.63) is 0 Å². The summed E-state index contributed by atoms with van der Waals surface area (Å²) in [5, 5.41) is 16.9. The zero-order valence-electron chi connectivity index (χ0n) is 7.71.